The van der Waals surface area contributed by atoms with E-state index >= 15 is 0 Å². The molecule has 1 aromatic heterocycles. The van der Waals surface area contributed by atoms with Gasteiger partial charge in [-0.25, -0.2) is 4.57 Å². The van der Waals surface area contributed by atoms with Crippen molar-refractivity contribution in [3.63, 3.8) is 0 Å². The minimum absolute atomic E-state index is 0.199. The second kappa shape index (κ2) is 17.1. The van der Waals surface area contributed by atoms with Gasteiger partial charge in [0.15, 0.2) is 6.20 Å². The molecule has 0 radical (unpaired) electrons. The van der Waals surface area contributed by atoms with Crippen molar-refractivity contribution in [3.05, 3.63) is 59.4 Å². The summed E-state index contributed by atoms with van der Waals surface area (Å²) in [5.41, 5.74) is 2.18. The highest BCUT2D eigenvalue weighted by Crippen LogP contribution is 2.33. The Morgan fingerprint density at radius 3 is 1.97 bits per heavy atom. The van der Waals surface area contributed by atoms with E-state index in [4.69, 9.17) is 4.74 Å². The van der Waals surface area contributed by atoms with Crippen molar-refractivity contribution in [2.24, 2.45) is 7.05 Å². The van der Waals surface area contributed by atoms with Crippen LogP contribution in [0.1, 0.15) is 133 Å². The van der Waals surface area contributed by atoms with Gasteiger partial charge in [0.1, 0.15) is 19.3 Å². The minimum atomic E-state index is -0.288. The van der Waals surface area contributed by atoms with Gasteiger partial charge >= 0.3 is 0 Å². The Labute approximate surface area is 238 Å². The van der Waals surface area contributed by atoms with Crippen molar-refractivity contribution in [2.75, 3.05) is 6.61 Å². The average Bonchev–Trinajstić information content (AvgIpc) is 2.89. The first-order valence-corrected chi connectivity index (χ1v) is 15.2. The summed E-state index contributed by atoms with van der Waals surface area (Å²) in [6.07, 6.45) is 17.7. The quantitative estimate of drug-likeness (QED) is 0.151. The highest BCUT2D eigenvalue weighted by Gasteiger charge is 2.26. The lowest BCUT2D eigenvalue weighted by Gasteiger charge is -2.25. The average molecular weight is 538 g/mol. The van der Waals surface area contributed by atoms with Crippen molar-refractivity contribution in [1.29, 1.82) is 0 Å². The van der Waals surface area contributed by atoms with Crippen molar-refractivity contribution >= 4 is 11.8 Å². The monoisotopic (exact) mass is 537 g/mol. The lowest BCUT2D eigenvalue weighted by Crippen LogP contribution is -2.41. The van der Waals surface area contributed by atoms with E-state index in [2.05, 4.69) is 27.7 Å². The second-order valence-electron chi connectivity index (χ2n) is 11.9. The Kier molecular flexibility index (Phi) is 14.3. The zero-order valence-corrected chi connectivity index (χ0v) is 25.6. The van der Waals surface area contributed by atoms with E-state index in [0.717, 1.165) is 23.4 Å². The predicted molar refractivity (Wildman–Crippen MR) is 160 cm³/mol. The van der Waals surface area contributed by atoms with E-state index in [1.807, 2.05) is 48.1 Å². The largest absolute Gasteiger partial charge is 0.493 e. The summed E-state index contributed by atoms with van der Waals surface area (Å²) in [4.78, 5) is 27.2. The SMILES string of the molecule is CCCCCCCCCCCCCCOc1ccc(C(=O)N(Cc2cccc[n+]2C)C(C)=O)cc1C(C)(C)C. The Bertz CT molecular complexity index is 1030. The maximum Gasteiger partial charge on any atom is 0.260 e. The summed E-state index contributed by atoms with van der Waals surface area (Å²) in [6, 6.07) is 11.4. The number of hydrogen-bond donors (Lipinski definition) is 0. The zero-order valence-electron chi connectivity index (χ0n) is 25.6. The zero-order chi connectivity index (χ0) is 28.7. The molecule has 0 saturated carbocycles. The van der Waals surface area contributed by atoms with Crippen LogP contribution >= 0.6 is 0 Å². The third-order valence-electron chi connectivity index (χ3n) is 7.40. The van der Waals surface area contributed by atoms with Crippen LogP contribution in [0.25, 0.3) is 0 Å². The fourth-order valence-electron chi connectivity index (χ4n) is 4.87. The van der Waals surface area contributed by atoms with E-state index in [9.17, 15) is 9.59 Å². The van der Waals surface area contributed by atoms with Crippen LogP contribution in [-0.2, 0) is 23.8 Å². The van der Waals surface area contributed by atoms with E-state index in [-0.39, 0.29) is 23.8 Å². The molecule has 39 heavy (non-hydrogen) atoms. The Morgan fingerprint density at radius 2 is 1.44 bits per heavy atom. The molecule has 1 aromatic carbocycles. The topological polar surface area (TPSA) is 50.5 Å². The molecular weight excluding hydrogens is 484 g/mol. The third kappa shape index (κ3) is 11.5. The van der Waals surface area contributed by atoms with Gasteiger partial charge in [-0.3, -0.25) is 14.5 Å². The molecule has 0 bridgehead atoms. The lowest BCUT2D eigenvalue weighted by atomic mass is 9.85. The van der Waals surface area contributed by atoms with E-state index in [1.165, 1.54) is 82.5 Å². The van der Waals surface area contributed by atoms with E-state index in [0.29, 0.717) is 12.2 Å². The fourth-order valence-corrected chi connectivity index (χ4v) is 4.87. The summed E-state index contributed by atoms with van der Waals surface area (Å²) in [6.45, 7) is 11.0. The van der Waals surface area contributed by atoms with E-state index in [1.54, 1.807) is 6.07 Å². The second-order valence-corrected chi connectivity index (χ2v) is 11.9. The molecule has 0 N–H and O–H groups in total. The first-order valence-electron chi connectivity index (χ1n) is 15.2. The van der Waals surface area contributed by atoms with Crippen molar-refractivity contribution in [1.82, 2.24) is 4.90 Å². The summed E-state index contributed by atoms with van der Waals surface area (Å²) in [7, 11) is 1.92. The Morgan fingerprint density at radius 1 is 0.846 bits per heavy atom. The van der Waals surface area contributed by atoms with Crippen LogP contribution in [-0.4, -0.2) is 23.3 Å². The molecule has 5 heteroatoms. The Hall–Kier alpha value is -2.69. The predicted octanol–water partition coefficient (Wildman–Crippen LogP) is 8.08. The molecular formula is C34H53N2O3+. The van der Waals surface area contributed by atoms with Crippen LogP contribution < -0.4 is 9.30 Å². The molecule has 5 nitrogen and oxygen atoms in total. The summed E-state index contributed by atoms with van der Waals surface area (Å²) >= 11 is 0. The van der Waals surface area contributed by atoms with Gasteiger partial charge < -0.3 is 4.74 Å². The van der Waals surface area contributed by atoms with Gasteiger partial charge in [0, 0.05) is 30.2 Å². The van der Waals surface area contributed by atoms with Gasteiger partial charge in [0.05, 0.1) is 6.61 Å². The molecule has 0 aliphatic carbocycles. The van der Waals surface area contributed by atoms with Gasteiger partial charge in [-0.05, 0) is 30.0 Å². The van der Waals surface area contributed by atoms with E-state index < -0.39 is 0 Å². The number of carbonyl (C=O) groups excluding carboxylic acids is 2. The molecule has 0 aliphatic rings. The first-order chi connectivity index (χ1) is 18.6. The van der Waals surface area contributed by atoms with Crippen molar-refractivity contribution in [3.8, 4) is 5.75 Å². The van der Waals surface area contributed by atoms with Crippen LogP contribution in [0.5, 0.6) is 5.75 Å². The molecule has 216 valence electrons. The van der Waals surface area contributed by atoms with Gasteiger partial charge in [-0.1, -0.05) is 104 Å². The number of carbonyl (C=O) groups is 2. The highest BCUT2D eigenvalue weighted by molar-refractivity contribution is 6.04. The number of aryl methyl sites for hydroxylation is 1. The number of nitrogens with zero attached hydrogens (tertiary/aromatic N) is 2. The molecule has 0 atom stereocenters. The maximum atomic E-state index is 13.4. The number of rotatable bonds is 17. The number of unbranched alkanes of at least 4 members (excludes halogenated alkanes) is 11. The number of ether oxygens (including phenoxy) is 1. The number of hydrogen-bond acceptors (Lipinski definition) is 3. The first kappa shape index (κ1) is 32.5. The van der Waals surface area contributed by atoms with Crippen LogP contribution in [0.2, 0.25) is 0 Å². The van der Waals surface area contributed by atoms with Gasteiger partial charge in [0.25, 0.3) is 5.91 Å². The number of pyridine rings is 1. The smallest absolute Gasteiger partial charge is 0.260 e. The minimum Gasteiger partial charge on any atom is -0.493 e. The van der Waals surface area contributed by atoms with Crippen LogP contribution in [0, 0.1) is 0 Å². The summed E-state index contributed by atoms with van der Waals surface area (Å²) in [5, 5.41) is 0. The summed E-state index contributed by atoms with van der Waals surface area (Å²) < 4.78 is 8.14. The Balaban J connectivity index is 1.88. The van der Waals surface area contributed by atoms with Crippen LogP contribution in [0.4, 0.5) is 0 Å². The van der Waals surface area contributed by atoms with Gasteiger partial charge in [0.2, 0.25) is 11.6 Å². The maximum absolute atomic E-state index is 13.4. The van der Waals surface area contributed by atoms with Gasteiger partial charge in [-0.15, -0.1) is 0 Å². The number of benzene rings is 1. The fraction of sp³-hybridized carbons (Fsp3) is 0.618. The van der Waals surface area contributed by atoms with Crippen molar-refractivity contribution < 1.29 is 18.9 Å². The molecule has 0 saturated heterocycles. The molecule has 2 amide bonds. The number of aromatic nitrogens is 1. The third-order valence-corrected chi connectivity index (χ3v) is 7.40. The molecule has 2 aromatic rings. The molecule has 1 heterocycles. The number of imide groups is 1. The lowest BCUT2D eigenvalue weighted by molar-refractivity contribution is -0.679. The molecule has 0 spiro atoms. The van der Waals surface area contributed by atoms with Crippen molar-refractivity contribution in [2.45, 2.75) is 124 Å². The highest BCUT2D eigenvalue weighted by atomic mass is 16.5. The summed E-state index contributed by atoms with van der Waals surface area (Å²) in [5.74, 6) is 0.267. The number of amides is 2. The van der Waals surface area contributed by atoms with Crippen LogP contribution in [0.3, 0.4) is 0 Å². The normalized spacial score (nSPS) is 11.4. The molecule has 0 aliphatic heterocycles. The van der Waals surface area contributed by atoms with Gasteiger partial charge in [-0.2, -0.15) is 0 Å². The molecule has 2 rings (SSSR count). The standard InChI is InChI=1S/C34H53N2O3/c1-7-8-9-10-11-12-13-14-15-16-17-20-25-39-32-23-22-29(26-31(32)34(3,4)5)33(38)36(28(2)37)27-30-21-18-19-24-35(30)6/h18-19,21-24,26H,7-17,20,25,27H2,1-6H3/q+1. The molecule has 0 fully saturated rings. The molecule has 0 unspecified atom stereocenters. The van der Waals surface area contributed by atoms with Crippen LogP contribution in [0.15, 0.2) is 42.6 Å².